The lowest BCUT2D eigenvalue weighted by molar-refractivity contribution is -0.139. The summed E-state index contributed by atoms with van der Waals surface area (Å²) in [7, 11) is 1.57. The van der Waals surface area contributed by atoms with Gasteiger partial charge in [0.25, 0.3) is 0 Å². The first-order chi connectivity index (χ1) is 14.0. The van der Waals surface area contributed by atoms with Crippen LogP contribution in [-0.2, 0) is 20.9 Å². The second-order valence-corrected chi connectivity index (χ2v) is 6.67. The summed E-state index contributed by atoms with van der Waals surface area (Å²) >= 11 is 12.2. The van der Waals surface area contributed by atoms with Crippen LogP contribution in [0.4, 0.5) is 0 Å². The summed E-state index contributed by atoms with van der Waals surface area (Å²) in [5.74, 6) is -0.965. The fourth-order valence-electron chi connectivity index (χ4n) is 2.19. The molecule has 2 rings (SSSR count). The molecule has 2 aromatic rings. The maximum Gasteiger partial charge on any atom is 0.329 e. The molecule has 0 aliphatic rings. The van der Waals surface area contributed by atoms with Crippen LogP contribution in [0.3, 0.4) is 0 Å². The van der Waals surface area contributed by atoms with Crippen LogP contribution in [0, 0.1) is 0 Å². The number of ether oxygens (including phenoxy) is 2. The van der Waals surface area contributed by atoms with Crippen LogP contribution < -0.4 is 15.5 Å². The van der Waals surface area contributed by atoms with Gasteiger partial charge in [-0.15, -0.1) is 0 Å². The van der Waals surface area contributed by atoms with E-state index in [9.17, 15) is 9.59 Å². The van der Waals surface area contributed by atoms with Gasteiger partial charge < -0.3 is 14.8 Å². The first kappa shape index (κ1) is 22.7. The van der Waals surface area contributed by atoms with Crippen molar-refractivity contribution in [1.29, 1.82) is 0 Å². The maximum absolute atomic E-state index is 11.6. The molecule has 0 spiro atoms. The molecule has 0 bridgehead atoms. The first-order valence-corrected chi connectivity index (χ1v) is 9.52. The summed E-state index contributed by atoms with van der Waals surface area (Å²) in [5, 5.41) is 7.32. The SMILES string of the molecule is COCCCNC(=O)C(=O)N/N=C\c1ccc(OCc2c(Cl)cccc2Cl)cc1. The lowest BCUT2D eigenvalue weighted by Gasteiger charge is -2.09. The molecule has 9 heteroatoms. The molecule has 0 radical (unpaired) electrons. The van der Waals surface area contributed by atoms with E-state index in [0.29, 0.717) is 46.5 Å². The number of methoxy groups -OCH3 is 1. The van der Waals surface area contributed by atoms with Crippen LogP contribution in [0.15, 0.2) is 47.6 Å². The van der Waals surface area contributed by atoms with E-state index in [4.69, 9.17) is 32.7 Å². The number of halogens is 2. The molecular weight excluding hydrogens is 417 g/mol. The van der Waals surface area contributed by atoms with E-state index in [2.05, 4.69) is 15.8 Å². The number of hydrazone groups is 1. The number of carbonyl (C=O) groups is 2. The van der Waals surface area contributed by atoms with Gasteiger partial charge in [0.15, 0.2) is 0 Å². The highest BCUT2D eigenvalue weighted by Crippen LogP contribution is 2.25. The number of nitrogens with one attached hydrogen (secondary N) is 2. The lowest BCUT2D eigenvalue weighted by atomic mass is 10.2. The highest BCUT2D eigenvalue weighted by atomic mass is 35.5. The normalized spacial score (nSPS) is 10.7. The van der Waals surface area contributed by atoms with Gasteiger partial charge in [0, 0.05) is 35.9 Å². The molecule has 0 heterocycles. The molecule has 0 unspecified atom stereocenters. The van der Waals surface area contributed by atoms with E-state index >= 15 is 0 Å². The standard InChI is InChI=1S/C20H21Cl2N3O4/c1-28-11-3-10-23-19(26)20(27)25-24-12-14-6-8-15(9-7-14)29-13-16-17(21)4-2-5-18(16)22/h2,4-9,12H,3,10-11,13H2,1H3,(H,23,26)(H,25,27)/b24-12-. The average molecular weight is 438 g/mol. The van der Waals surface area contributed by atoms with Crippen molar-refractivity contribution in [3.63, 3.8) is 0 Å². The summed E-state index contributed by atoms with van der Waals surface area (Å²) in [6, 6.07) is 12.3. The topological polar surface area (TPSA) is 89.0 Å². The lowest BCUT2D eigenvalue weighted by Crippen LogP contribution is -2.38. The Labute approximate surface area is 179 Å². The van der Waals surface area contributed by atoms with Gasteiger partial charge >= 0.3 is 11.8 Å². The molecular formula is C20H21Cl2N3O4. The molecule has 2 N–H and O–H groups in total. The van der Waals surface area contributed by atoms with Crippen molar-refractivity contribution in [3.05, 3.63) is 63.6 Å². The second-order valence-electron chi connectivity index (χ2n) is 5.86. The summed E-state index contributed by atoms with van der Waals surface area (Å²) in [5.41, 5.74) is 3.60. The number of amides is 2. The Morgan fingerprint density at radius 2 is 1.76 bits per heavy atom. The van der Waals surface area contributed by atoms with Gasteiger partial charge in [-0.2, -0.15) is 5.10 Å². The van der Waals surface area contributed by atoms with E-state index in [1.54, 1.807) is 49.6 Å². The summed E-state index contributed by atoms with van der Waals surface area (Å²) in [6.45, 7) is 1.09. The van der Waals surface area contributed by atoms with Crippen molar-refractivity contribution in [2.45, 2.75) is 13.0 Å². The van der Waals surface area contributed by atoms with Gasteiger partial charge in [0.2, 0.25) is 0 Å². The quantitative estimate of drug-likeness (QED) is 0.273. The van der Waals surface area contributed by atoms with Gasteiger partial charge in [-0.3, -0.25) is 9.59 Å². The Morgan fingerprint density at radius 1 is 1.07 bits per heavy atom. The fourth-order valence-corrected chi connectivity index (χ4v) is 2.70. The van der Waals surface area contributed by atoms with Gasteiger partial charge in [-0.25, -0.2) is 5.43 Å². The third-order valence-corrected chi connectivity index (χ3v) is 4.43. The van der Waals surface area contributed by atoms with Crippen molar-refractivity contribution in [3.8, 4) is 5.75 Å². The molecule has 0 aliphatic heterocycles. The molecule has 29 heavy (non-hydrogen) atoms. The van der Waals surface area contributed by atoms with E-state index in [-0.39, 0.29) is 6.61 Å². The highest BCUT2D eigenvalue weighted by Gasteiger charge is 2.11. The number of nitrogens with zero attached hydrogens (tertiary/aromatic N) is 1. The zero-order valence-electron chi connectivity index (χ0n) is 15.8. The minimum absolute atomic E-state index is 0.238. The molecule has 0 aliphatic carbocycles. The minimum atomic E-state index is -0.838. The van der Waals surface area contributed by atoms with Crippen molar-refractivity contribution in [2.75, 3.05) is 20.3 Å². The predicted octanol–water partition coefficient (Wildman–Crippen LogP) is 3.18. The zero-order valence-corrected chi connectivity index (χ0v) is 17.3. The molecule has 0 atom stereocenters. The average Bonchev–Trinajstić information content (AvgIpc) is 2.71. The Kier molecular flexibility index (Phi) is 9.43. The third-order valence-electron chi connectivity index (χ3n) is 3.72. The summed E-state index contributed by atoms with van der Waals surface area (Å²) in [4.78, 5) is 23.2. The maximum atomic E-state index is 11.6. The van der Waals surface area contributed by atoms with Crippen LogP contribution in [0.1, 0.15) is 17.5 Å². The minimum Gasteiger partial charge on any atom is -0.489 e. The molecule has 2 amide bonds. The molecule has 7 nitrogen and oxygen atoms in total. The number of hydrogen-bond acceptors (Lipinski definition) is 5. The number of hydrogen-bond donors (Lipinski definition) is 2. The molecule has 0 saturated carbocycles. The molecule has 154 valence electrons. The number of benzene rings is 2. The molecule has 0 aromatic heterocycles. The van der Waals surface area contributed by atoms with E-state index in [1.807, 2.05) is 0 Å². The predicted molar refractivity (Wildman–Crippen MR) is 112 cm³/mol. The second kappa shape index (κ2) is 12.1. The summed E-state index contributed by atoms with van der Waals surface area (Å²) in [6.07, 6.45) is 2.04. The van der Waals surface area contributed by atoms with Crippen LogP contribution in [0.2, 0.25) is 10.0 Å². The van der Waals surface area contributed by atoms with Gasteiger partial charge in [0.05, 0.1) is 6.21 Å². The molecule has 0 fully saturated rings. The van der Waals surface area contributed by atoms with E-state index < -0.39 is 11.8 Å². The van der Waals surface area contributed by atoms with Crippen LogP contribution >= 0.6 is 23.2 Å². The zero-order chi connectivity index (χ0) is 21.1. The summed E-state index contributed by atoms with van der Waals surface area (Å²) < 4.78 is 10.6. The molecule has 0 saturated heterocycles. The first-order valence-electron chi connectivity index (χ1n) is 8.77. The largest absolute Gasteiger partial charge is 0.489 e. The monoisotopic (exact) mass is 437 g/mol. The van der Waals surface area contributed by atoms with Crippen LogP contribution in [0.5, 0.6) is 5.75 Å². The van der Waals surface area contributed by atoms with Crippen molar-refractivity contribution < 1.29 is 19.1 Å². The fraction of sp³-hybridized carbons (Fsp3) is 0.250. The van der Waals surface area contributed by atoms with Gasteiger partial charge in [0.1, 0.15) is 12.4 Å². The van der Waals surface area contributed by atoms with E-state index in [0.717, 1.165) is 0 Å². The van der Waals surface area contributed by atoms with Gasteiger partial charge in [-0.05, 0) is 48.4 Å². The third kappa shape index (κ3) is 7.73. The smallest absolute Gasteiger partial charge is 0.329 e. The Hall–Kier alpha value is -2.61. The Bertz CT molecular complexity index is 837. The van der Waals surface area contributed by atoms with Crippen molar-refractivity contribution in [1.82, 2.24) is 10.7 Å². The van der Waals surface area contributed by atoms with Crippen LogP contribution in [0.25, 0.3) is 0 Å². The molecule has 2 aromatic carbocycles. The Morgan fingerprint density at radius 3 is 2.41 bits per heavy atom. The number of carbonyl (C=O) groups excluding carboxylic acids is 2. The van der Waals surface area contributed by atoms with Crippen molar-refractivity contribution in [2.24, 2.45) is 5.10 Å². The van der Waals surface area contributed by atoms with E-state index in [1.165, 1.54) is 6.21 Å². The van der Waals surface area contributed by atoms with Crippen LogP contribution in [-0.4, -0.2) is 38.3 Å². The Balaban J connectivity index is 1.79. The van der Waals surface area contributed by atoms with Gasteiger partial charge in [-0.1, -0.05) is 29.3 Å². The van der Waals surface area contributed by atoms with Crippen molar-refractivity contribution >= 4 is 41.2 Å². The highest BCUT2D eigenvalue weighted by molar-refractivity contribution is 6.36. The number of rotatable bonds is 9.